The summed E-state index contributed by atoms with van der Waals surface area (Å²) in [7, 11) is 0. The van der Waals surface area contributed by atoms with Crippen LogP contribution in [0.1, 0.15) is 32.1 Å². The van der Waals surface area contributed by atoms with Gasteiger partial charge < -0.3 is 5.32 Å². The fourth-order valence-corrected chi connectivity index (χ4v) is 4.55. The summed E-state index contributed by atoms with van der Waals surface area (Å²) in [5.41, 5.74) is 1.17. The van der Waals surface area contributed by atoms with Crippen LogP contribution in [-0.4, -0.2) is 32.0 Å². The van der Waals surface area contributed by atoms with Gasteiger partial charge >= 0.3 is 0 Å². The normalized spacial score (nSPS) is 15.3. The number of benzene rings is 2. The van der Waals surface area contributed by atoms with Gasteiger partial charge in [-0.05, 0) is 25.0 Å². The van der Waals surface area contributed by atoms with Gasteiger partial charge in [0, 0.05) is 11.3 Å². The van der Waals surface area contributed by atoms with Crippen LogP contribution in [0.2, 0.25) is 0 Å². The van der Waals surface area contributed by atoms with Gasteiger partial charge in [0.2, 0.25) is 5.91 Å². The van der Waals surface area contributed by atoms with E-state index in [1.165, 1.54) is 11.8 Å². The minimum Gasteiger partial charge on any atom is -0.337 e. The van der Waals surface area contributed by atoms with Crippen LogP contribution in [0.4, 0.5) is 0 Å². The smallest absolute Gasteiger partial charge is 0.231 e. The molecule has 152 valence electrons. The first kappa shape index (κ1) is 20.2. The van der Waals surface area contributed by atoms with Crippen LogP contribution in [0.25, 0.3) is 17.1 Å². The summed E-state index contributed by atoms with van der Waals surface area (Å²) in [5.74, 6) is 0.765. The molecule has 1 aliphatic rings. The summed E-state index contributed by atoms with van der Waals surface area (Å²) < 4.78 is 1.97. The Labute approximate surface area is 180 Å². The lowest BCUT2D eigenvalue weighted by Crippen LogP contribution is -2.49. The highest BCUT2D eigenvalue weighted by molar-refractivity contribution is 7.99. The number of hydrogen-bond donors (Lipinski definition) is 1. The summed E-state index contributed by atoms with van der Waals surface area (Å²) >= 11 is 1.33. The van der Waals surface area contributed by atoms with Crippen molar-refractivity contribution in [1.29, 1.82) is 5.26 Å². The van der Waals surface area contributed by atoms with Gasteiger partial charge in [-0.15, -0.1) is 10.2 Å². The highest BCUT2D eigenvalue weighted by Crippen LogP contribution is 2.29. The maximum absolute atomic E-state index is 12.6. The number of hydrogen-bond acceptors (Lipinski definition) is 5. The Morgan fingerprint density at radius 2 is 1.70 bits per heavy atom. The summed E-state index contributed by atoms with van der Waals surface area (Å²) in [5, 5.41) is 22.0. The molecule has 7 heteroatoms. The number of nitrogens with one attached hydrogen (secondary N) is 1. The molecule has 1 heterocycles. The van der Waals surface area contributed by atoms with E-state index in [0.29, 0.717) is 5.16 Å². The van der Waals surface area contributed by atoms with E-state index in [9.17, 15) is 10.1 Å². The number of carbonyl (C=O) groups excluding carboxylic acids is 1. The topological polar surface area (TPSA) is 83.6 Å². The molecule has 30 heavy (non-hydrogen) atoms. The molecule has 1 aliphatic carbocycles. The molecule has 1 N–H and O–H groups in total. The van der Waals surface area contributed by atoms with E-state index >= 15 is 0 Å². The van der Waals surface area contributed by atoms with E-state index in [4.69, 9.17) is 0 Å². The van der Waals surface area contributed by atoms with Gasteiger partial charge in [0.05, 0.1) is 11.8 Å². The summed E-state index contributed by atoms with van der Waals surface area (Å²) in [6, 6.07) is 22.1. The zero-order valence-corrected chi connectivity index (χ0v) is 17.4. The first-order chi connectivity index (χ1) is 14.7. The average Bonchev–Trinajstić information content (AvgIpc) is 3.23. The molecule has 0 bridgehead atoms. The minimum absolute atomic E-state index is 0.146. The van der Waals surface area contributed by atoms with E-state index in [1.807, 2.05) is 65.2 Å². The average molecular weight is 418 g/mol. The van der Waals surface area contributed by atoms with Crippen molar-refractivity contribution in [3.8, 4) is 23.1 Å². The molecule has 0 unspecified atom stereocenters. The Bertz CT molecular complexity index is 1040. The van der Waals surface area contributed by atoms with Crippen LogP contribution in [0.15, 0.2) is 65.8 Å². The number of aromatic nitrogens is 3. The number of thioether (sulfide) groups is 1. The lowest BCUT2D eigenvalue weighted by atomic mass is 9.83. The Balaban J connectivity index is 1.55. The molecule has 0 radical (unpaired) electrons. The molecule has 1 fully saturated rings. The summed E-state index contributed by atoms with van der Waals surface area (Å²) in [6.07, 6.45) is 4.51. The highest BCUT2D eigenvalue weighted by Gasteiger charge is 2.33. The van der Waals surface area contributed by atoms with E-state index in [-0.39, 0.29) is 11.7 Å². The maximum Gasteiger partial charge on any atom is 0.231 e. The molecule has 2 aromatic carbocycles. The molecule has 0 atom stereocenters. The lowest BCUT2D eigenvalue weighted by molar-refractivity contribution is -0.120. The Hall–Kier alpha value is -3.11. The number of carbonyl (C=O) groups is 1. The standard InChI is InChI=1S/C23H23N5OS/c24-17-23(14-8-3-9-15-23)25-20(29)16-30-22-27-26-21(18-10-4-1-5-11-18)28(22)19-12-6-2-7-13-19/h1-2,4-7,10-13H,3,8-9,14-16H2,(H,25,29). The molecule has 6 nitrogen and oxygen atoms in total. The van der Waals surface area contributed by atoms with E-state index in [1.54, 1.807) is 0 Å². The summed E-state index contributed by atoms with van der Waals surface area (Å²) in [4.78, 5) is 12.6. The van der Waals surface area contributed by atoms with Crippen molar-refractivity contribution in [3.05, 3.63) is 60.7 Å². The third-order valence-electron chi connectivity index (χ3n) is 5.31. The van der Waals surface area contributed by atoms with Crippen LogP contribution in [-0.2, 0) is 4.79 Å². The fraction of sp³-hybridized carbons (Fsp3) is 0.304. The third kappa shape index (κ3) is 4.39. The predicted molar refractivity (Wildman–Crippen MR) is 117 cm³/mol. The zero-order valence-electron chi connectivity index (χ0n) is 16.6. The lowest BCUT2D eigenvalue weighted by Gasteiger charge is -2.31. The molecule has 3 aromatic rings. The van der Waals surface area contributed by atoms with Gasteiger partial charge in [0.1, 0.15) is 5.54 Å². The maximum atomic E-state index is 12.6. The van der Waals surface area contributed by atoms with E-state index in [2.05, 4.69) is 21.6 Å². The van der Waals surface area contributed by atoms with Crippen molar-refractivity contribution in [2.75, 3.05) is 5.75 Å². The first-order valence-corrected chi connectivity index (χ1v) is 11.1. The van der Waals surface area contributed by atoms with Gasteiger partial charge in [-0.2, -0.15) is 5.26 Å². The van der Waals surface area contributed by atoms with Gasteiger partial charge in [-0.25, -0.2) is 0 Å². The van der Waals surface area contributed by atoms with Crippen LogP contribution in [0.3, 0.4) is 0 Å². The molecule has 1 saturated carbocycles. The van der Waals surface area contributed by atoms with Crippen molar-refractivity contribution in [3.63, 3.8) is 0 Å². The van der Waals surface area contributed by atoms with E-state index in [0.717, 1.165) is 49.2 Å². The van der Waals surface area contributed by atoms with Crippen molar-refractivity contribution >= 4 is 17.7 Å². The Morgan fingerprint density at radius 1 is 1.03 bits per heavy atom. The third-order valence-corrected chi connectivity index (χ3v) is 6.24. The molecule has 0 spiro atoms. The summed E-state index contributed by atoms with van der Waals surface area (Å²) in [6.45, 7) is 0. The molecule has 1 amide bonds. The molecule has 1 aromatic heterocycles. The number of rotatable bonds is 6. The predicted octanol–water partition coefficient (Wildman–Crippen LogP) is 4.37. The monoisotopic (exact) mass is 417 g/mol. The van der Waals surface area contributed by atoms with Crippen LogP contribution in [0.5, 0.6) is 0 Å². The fourth-order valence-electron chi connectivity index (χ4n) is 3.80. The van der Waals surface area contributed by atoms with Crippen molar-refractivity contribution < 1.29 is 4.79 Å². The van der Waals surface area contributed by atoms with E-state index < -0.39 is 5.54 Å². The molecule has 0 aliphatic heterocycles. The zero-order chi connectivity index (χ0) is 20.8. The quantitative estimate of drug-likeness (QED) is 0.602. The number of nitriles is 1. The van der Waals surface area contributed by atoms with Gasteiger partial charge in [-0.1, -0.05) is 79.6 Å². The molecule has 0 saturated heterocycles. The second-order valence-corrected chi connectivity index (χ2v) is 8.38. The first-order valence-electron chi connectivity index (χ1n) is 10.1. The van der Waals surface area contributed by atoms with Crippen molar-refractivity contribution in [2.45, 2.75) is 42.8 Å². The van der Waals surface area contributed by atoms with Gasteiger partial charge in [0.15, 0.2) is 11.0 Å². The van der Waals surface area contributed by atoms with Crippen molar-refractivity contribution in [2.24, 2.45) is 0 Å². The van der Waals surface area contributed by atoms with Crippen LogP contribution in [0, 0.1) is 11.3 Å². The second-order valence-electron chi connectivity index (χ2n) is 7.43. The number of amides is 1. The van der Waals surface area contributed by atoms with Crippen LogP contribution >= 0.6 is 11.8 Å². The second kappa shape index (κ2) is 9.14. The SMILES string of the molecule is N#CC1(NC(=O)CSc2nnc(-c3ccccc3)n2-c2ccccc2)CCCCC1. The Kier molecular flexibility index (Phi) is 6.15. The van der Waals surface area contributed by atoms with Crippen molar-refractivity contribution in [1.82, 2.24) is 20.1 Å². The molecule has 4 rings (SSSR count). The van der Waals surface area contributed by atoms with Gasteiger partial charge in [-0.3, -0.25) is 9.36 Å². The van der Waals surface area contributed by atoms with Crippen LogP contribution < -0.4 is 5.32 Å². The Morgan fingerprint density at radius 3 is 2.37 bits per heavy atom. The highest BCUT2D eigenvalue weighted by atomic mass is 32.2. The molecular formula is C23H23N5OS. The number of para-hydroxylation sites is 1. The van der Waals surface area contributed by atoms with Gasteiger partial charge in [0.25, 0.3) is 0 Å². The number of nitrogens with zero attached hydrogens (tertiary/aromatic N) is 4. The minimum atomic E-state index is -0.724. The molecular weight excluding hydrogens is 394 g/mol. The largest absolute Gasteiger partial charge is 0.337 e.